The Labute approximate surface area is 164 Å². The third-order valence-electron chi connectivity index (χ3n) is 4.26. The number of nitrogens with zero attached hydrogens (tertiary/aromatic N) is 2. The van der Waals surface area contributed by atoms with Gasteiger partial charge in [0.25, 0.3) is 0 Å². The molecule has 1 aromatic heterocycles. The molecule has 3 rings (SSSR count). The van der Waals surface area contributed by atoms with Crippen molar-refractivity contribution in [2.75, 3.05) is 19.0 Å². The minimum atomic E-state index is -0.256. The van der Waals surface area contributed by atoms with Crippen molar-refractivity contribution in [2.45, 2.75) is 19.4 Å². The summed E-state index contributed by atoms with van der Waals surface area (Å²) in [6.45, 7) is 0.297. The lowest BCUT2D eigenvalue weighted by Crippen LogP contribution is -2.22. The van der Waals surface area contributed by atoms with Gasteiger partial charge in [-0.15, -0.1) is 11.3 Å². The van der Waals surface area contributed by atoms with E-state index in [1.165, 1.54) is 0 Å². The van der Waals surface area contributed by atoms with Gasteiger partial charge in [-0.2, -0.15) is 0 Å². The van der Waals surface area contributed by atoms with E-state index in [0.717, 1.165) is 22.0 Å². The number of hydrogen-bond donors (Lipinski definition) is 0. The van der Waals surface area contributed by atoms with Crippen molar-refractivity contribution in [1.29, 1.82) is 0 Å². The molecule has 0 aliphatic heterocycles. The number of rotatable bonds is 8. The molecule has 140 valence electrons. The van der Waals surface area contributed by atoms with E-state index in [9.17, 15) is 4.79 Å². The Morgan fingerprint density at radius 3 is 2.22 bits per heavy atom. The molecule has 0 aliphatic carbocycles. The van der Waals surface area contributed by atoms with Gasteiger partial charge in [0.1, 0.15) is 6.61 Å². The van der Waals surface area contributed by atoms with Crippen molar-refractivity contribution in [3.63, 3.8) is 0 Å². The molecule has 27 heavy (non-hydrogen) atoms. The van der Waals surface area contributed by atoms with Gasteiger partial charge >= 0.3 is 5.97 Å². The summed E-state index contributed by atoms with van der Waals surface area (Å²) < 4.78 is 5.62. The highest BCUT2D eigenvalue weighted by Gasteiger charge is 2.23. The van der Waals surface area contributed by atoms with Gasteiger partial charge in [-0.25, -0.2) is 4.98 Å². The molecule has 1 atom stereocenters. The summed E-state index contributed by atoms with van der Waals surface area (Å²) in [6, 6.07) is 19.8. The Kier molecular flexibility index (Phi) is 6.60. The number of benzene rings is 2. The lowest BCUT2D eigenvalue weighted by Gasteiger charge is -2.15. The van der Waals surface area contributed by atoms with Gasteiger partial charge in [0.15, 0.2) is 5.13 Å². The van der Waals surface area contributed by atoms with Crippen molar-refractivity contribution in [2.24, 2.45) is 5.92 Å². The summed E-state index contributed by atoms with van der Waals surface area (Å²) in [5.41, 5.74) is 3.05. The van der Waals surface area contributed by atoms with E-state index in [2.05, 4.69) is 4.98 Å². The van der Waals surface area contributed by atoms with Crippen molar-refractivity contribution in [1.82, 2.24) is 4.98 Å². The van der Waals surface area contributed by atoms with E-state index in [0.29, 0.717) is 19.4 Å². The van der Waals surface area contributed by atoms with Crippen LogP contribution in [0.25, 0.3) is 0 Å². The van der Waals surface area contributed by atoms with E-state index in [4.69, 9.17) is 4.74 Å². The van der Waals surface area contributed by atoms with Gasteiger partial charge in [0.05, 0.1) is 11.6 Å². The molecule has 3 aromatic rings. The number of thiazole rings is 1. The van der Waals surface area contributed by atoms with E-state index < -0.39 is 0 Å². The second-order valence-corrected chi connectivity index (χ2v) is 7.54. The summed E-state index contributed by atoms with van der Waals surface area (Å²) in [4.78, 5) is 19.4. The maximum absolute atomic E-state index is 12.8. The van der Waals surface area contributed by atoms with Gasteiger partial charge in [-0.3, -0.25) is 4.79 Å². The Hall–Kier alpha value is -2.66. The summed E-state index contributed by atoms with van der Waals surface area (Å²) >= 11 is 1.59. The molecular formula is C22H24N2O2S. The molecule has 0 fully saturated rings. The van der Waals surface area contributed by atoms with Crippen LogP contribution in [-0.4, -0.2) is 25.0 Å². The zero-order chi connectivity index (χ0) is 19.1. The predicted octanol–water partition coefficient (Wildman–Crippen LogP) is 4.35. The topological polar surface area (TPSA) is 42.4 Å². The number of hydrogen-bond acceptors (Lipinski definition) is 5. The quantitative estimate of drug-likeness (QED) is 0.545. The van der Waals surface area contributed by atoms with E-state index >= 15 is 0 Å². The summed E-state index contributed by atoms with van der Waals surface area (Å²) in [5.74, 6) is -0.435. The van der Waals surface area contributed by atoms with Crippen molar-refractivity contribution in [3.8, 4) is 0 Å². The Balaban J connectivity index is 1.70. The molecule has 0 N–H and O–H groups in total. The van der Waals surface area contributed by atoms with Crippen LogP contribution in [-0.2, 0) is 29.0 Å². The highest BCUT2D eigenvalue weighted by atomic mass is 32.1. The normalized spacial score (nSPS) is 11.8. The summed E-state index contributed by atoms with van der Waals surface area (Å²) in [7, 11) is 3.94. The fourth-order valence-electron chi connectivity index (χ4n) is 2.83. The van der Waals surface area contributed by atoms with E-state index in [1.54, 1.807) is 11.3 Å². The van der Waals surface area contributed by atoms with Crippen LogP contribution in [0.15, 0.2) is 66.0 Å². The van der Waals surface area contributed by atoms with Crippen LogP contribution in [0.3, 0.4) is 0 Å². The second-order valence-electron chi connectivity index (χ2n) is 6.70. The number of aromatic nitrogens is 1. The van der Waals surface area contributed by atoms with Crippen molar-refractivity contribution < 1.29 is 9.53 Å². The van der Waals surface area contributed by atoms with Crippen LogP contribution in [0.5, 0.6) is 0 Å². The average Bonchev–Trinajstić information content (AvgIpc) is 3.16. The average molecular weight is 381 g/mol. The summed E-state index contributed by atoms with van der Waals surface area (Å²) in [5, 5.41) is 2.97. The molecule has 0 aliphatic rings. The number of esters is 1. The molecule has 0 amide bonds. The van der Waals surface area contributed by atoms with Crippen LogP contribution in [0.4, 0.5) is 5.13 Å². The first-order valence-electron chi connectivity index (χ1n) is 8.98. The first-order chi connectivity index (χ1) is 13.1. The Morgan fingerprint density at radius 1 is 1.00 bits per heavy atom. The van der Waals surface area contributed by atoms with Gasteiger partial charge in [0, 0.05) is 25.9 Å². The lowest BCUT2D eigenvalue weighted by molar-refractivity contribution is -0.149. The molecule has 1 heterocycles. The van der Waals surface area contributed by atoms with E-state index in [-0.39, 0.29) is 11.9 Å². The molecule has 0 radical (unpaired) electrons. The maximum Gasteiger partial charge on any atom is 0.310 e. The Morgan fingerprint density at radius 2 is 1.63 bits per heavy atom. The monoisotopic (exact) mass is 380 g/mol. The van der Waals surface area contributed by atoms with Crippen LogP contribution >= 0.6 is 11.3 Å². The largest absolute Gasteiger partial charge is 0.461 e. The minimum Gasteiger partial charge on any atom is -0.461 e. The molecule has 0 bridgehead atoms. The number of anilines is 1. The Bertz CT molecular complexity index is 847. The highest BCUT2D eigenvalue weighted by molar-refractivity contribution is 7.13. The number of carbonyl (C=O) groups is 1. The summed E-state index contributed by atoms with van der Waals surface area (Å²) in [6.07, 6.45) is 1.22. The molecule has 0 spiro atoms. The van der Waals surface area contributed by atoms with Gasteiger partial charge in [0.2, 0.25) is 0 Å². The molecule has 2 aromatic carbocycles. The molecule has 5 heteroatoms. The SMILES string of the molecule is CN(C)c1nc(C[C@@H](Cc2ccccc2)C(=O)OCc2ccccc2)cs1. The molecule has 0 saturated carbocycles. The van der Waals surface area contributed by atoms with E-state index in [1.807, 2.05) is 85.0 Å². The molecule has 4 nitrogen and oxygen atoms in total. The van der Waals surface area contributed by atoms with Crippen LogP contribution in [0.1, 0.15) is 16.8 Å². The third kappa shape index (κ3) is 5.66. The zero-order valence-electron chi connectivity index (χ0n) is 15.7. The third-order valence-corrected chi connectivity index (χ3v) is 5.32. The molecule has 0 unspecified atom stereocenters. The van der Waals surface area contributed by atoms with Gasteiger partial charge in [-0.1, -0.05) is 60.7 Å². The lowest BCUT2D eigenvalue weighted by atomic mass is 9.95. The van der Waals surface area contributed by atoms with Crippen molar-refractivity contribution >= 4 is 22.4 Å². The van der Waals surface area contributed by atoms with Crippen LogP contribution < -0.4 is 4.90 Å². The van der Waals surface area contributed by atoms with Crippen LogP contribution in [0, 0.1) is 5.92 Å². The fraction of sp³-hybridized carbons (Fsp3) is 0.273. The zero-order valence-corrected chi connectivity index (χ0v) is 16.5. The van der Waals surface area contributed by atoms with Crippen molar-refractivity contribution in [3.05, 3.63) is 82.9 Å². The van der Waals surface area contributed by atoms with Crippen LogP contribution in [0.2, 0.25) is 0 Å². The standard InChI is InChI=1S/C22H24N2O2S/c1-24(2)22-23-20(16-27-22)14-19(13-17-9-5-3-6-10-17)21(25)26-15-18-11-7-4-8-12-18/h3-12,16,19H,13-15H2,1-2H3/t19-/m1/s1. The highest BCUT2D eigenvalue weighted by Crippen LogP contribution is 2.22. The van der Waals surface area contributed by atoms with Gasteiger partial charge < -0.3 is 9.64 Å². The minimum absolute atomic E-state index is 0.179. The first-order valence-corrected chi connectivity index (χ1v) is 9.86. The molecule has 0 saturated heterocycles. The fourth-order valence-corrected chi connectivity index (χ4v) is 3.60. The number of ether oxygens (including phenoxy) is 1. The van der Waals surface area contributed by atoms with Gasteiger partial charge in [-0.05, 0) is 17.5 Å². The smallest absolute Gasteiger partial charge is 0.310 e. The first kappa shape index (κ1) is 19.1. The second kappa shape index (κ2) is 9.33. The molecular weight excluding hydrogens is 356 g/mol. The number of carbonyl (C=O) groups excluding carboxylic acids is 1. The predicted molar refractivity (Wildman–Crippen MR) is 110 cm³/mol. The maximum atomic E-state index is 12.8.